The first-order chi connectivity index (χ1) is 9.36. The Hall–Kier alpha value is 0.650. The average Bonchev–Trinajstić information content (AvgIpc) is 2.40. The van der Waals surface area contributed by atoms with Crippen molar-refractivity contribution in [2.45, 2.75) is 38.1 Å². The van der Waals surface area contributed by atoms with Crippen molar-refractivity contribution in [1.82, 2.24) is 9.34 Å². The largest absolute Gasteiger partial charge is 0.343 e. The maximum atomic E-state index is 11.7. The Morgan fingerprint density at radius 3 is 1.85 bits per heavy atom. The first kappa shape index (κ1) is 20.6. The quantitative estimate of drug-likeness (QED) is 0.571. The van der Waals surface area contributed by atoms with Gasteiger partial charge in [-0.25, -0.2) is 9.34 Å². The molecule has 8 heteroatoms. The van der Waals surface area contributed by atoms with Gasteiger partial charge in [0.1, 0.15) is 0 Å². The first-order valence-corrected chi connectivity index (χ1v) is 9.63. The van der Waals surface area contributed by atoms with Crippen LogP contribution < -0.4 is 5.73 Å². The van der Waals surface area contributed by atoms with E-state index in [2.05, 4.69) is 0 Å². The molecule has 0 saturated heterocycles. The summed E-state index contributed by atoms with van der Waals surface area (Å²) < 4.78 is 14.4. The molecule has 1 aliphatic carbocycles. The number of hydrogen-bond acceptors (Lipinski definition) is 2. The van der Waals surface area contributed by atoms with Crippen molar-refractivity contribution >= 4 is 30.9 Å². The highest BCUT2D eigenvalue weighted by Gasteiger charge is 2.29. The lowest BCUT2D eigenvalue weighted by atomic mass is 9.97. The van der Waals surface area contributed by atoms with E-state index in [1.165, 1.54) is 41.4 Å². The second-order valence-corrected chi connectivity index (χ2v) is 8.24. The Kier molecular flexibility index (Phi) is 11.6. The summed E-state index contributed by atoms with van der Waals surface area (Å²) in [4.78, 5) is 9.60. The number of rotatable bonds is 6. The molecule has 0 radical (unpaired) electrons. The molecule has 0 aromatic carbocycles. The Morgan fingerprint density at radius 1 is 1.15 bits per heavy atom. The van der Waals surface area contributed by atoms with Crippen molar-refractivity contribution in [3.8, 4) is 0 Å². The summed E-state index contributed by atoms with van der Waals surface area (Å²) in [5.74, 6) is 0.630. The van der Waals surface area contributed by atoms with Gasteiger partial charge in [0, 0.05) is 30.9 Å². The van der Waals surface area contributed by atoms with Crippen molar-refractivity contribution in [3.05, 3.63) is 0 Å². The van der Waals surface area contributed by atoms with E-state index in [-0.39, 0.29) is 0 Å². The number of halogens is 2. The summed E-state index contributed by atoms with van der Waals surface area (Å²) in [5, 5.41) is 0. The minimum Gasteiger partial charge on any atom is -0.328 e. The maximum Gasteiger partial charge on any atom is 0.343 e. The predicted molar refractivity (Wildman–Crippen MR) is 87.6 cm³/mol. The van der Waals surface area contributed by atoms with Gasteiger partial charge >= 0.3 is 7.67 Å². The molecule has 0 aliphatic heterocycles. The van der Waals surface area contributed by atoms with Crippen LogP contribution in [0.4, 0.5) is 0 Å². The Bertz CT molecular complexity index is 284. The van der Waals surface area contributed by atoms with E-state index in [1.54, 1.807) is 14.1 Å². The van der Waals surface area contributed by atoms with Crippen molar-refractivity contribution in [2.24, 2.45) is 5.73 Å². The molecule has 5 nitrogen and oxygen atoms in total. The molecule has 1 atom stereocenters. The summed E-state index contributed by atoms with van der Waals surface area (Å²) in [6.45, 7) is 0.723. The minimum absolute atomic E-state index is 0.315. The zero-order chi connectivity index (χ0) is 15.6. The second kappa shape index (κ2) is 11.2. The monoisotopic (exact) mass is 347 g/mol. The number of alkyl halides is 2. The lowest BCUT2D eigenvalue weighted by Crippen LogP contribution is -2.30. The van der Waals surface area contributed by atoms with E-state index < -0.39 is 7.67 Å². The van der Waals surface area contributed by atoms with Gasteiger partial charge < -0.3 is 10.6 Å². The normalized spacial score (nSPS) is 19.6. The Balaban J connectivity index is 0.000000428. The minimum atomic E-state index is -3.41. The van der Waals surface area contributed by atoms with Crippen molar-refractivity contribution in [2.75, 3.05) is 38.9 Å². The fourth-order valence-electron chi connectivity index (χ4n) is 1.95. The molecule has 1 fully saturated rings. The van der Waals surface area contributed by atoms with Crippen LogP contribution in [0.3, 0.4) is 0 Å². The predicted octanol–water partition coefficient (Wildman–Crippen LogP) is 2.71. The van der Waals surface area contributed by atoms with E-state index in [0.717, 1.165) is 0 Å². The van der Waals surface area contributed by atoms with Crippen molar-refractivity contribution in [1.29, 1.82) is 0 Å². The molecular formula is C12H28Cl2N3O2P. The molecule has 1 rings (SSSR count). The summed E-state index contributed by atoms with van der Waals surface area (Å²) in [6, 6.07) is 0.536. The molecule has 1 aliphatic rings. The second-order valence-electron chi connectivity index (χ2n) is 5.09. The molecule has 0 amide bonds. The van der Waals surface area contributed by atoms with Gasteiger partial charge in [0.25, 0.3) is 0 Å². The highest BCUT2D eigenvalue weighted by Crippen LogP contribution is 2.46. The van der Waals surface area contributed by atoms with E-state index in [0.29, 0.717) is 30.9 Å². The van der Waals surface area contributed by atoms with Crippen LogP contribution >= 0.6 is 30.9 Å². The molecule has 0 aromatic heterocycles. The van der Waals surface area contributed by atoms with E-state index in [4.69, 9.17) is 28.9 Å². The van der Waals surface area contributed by atoms with Gasteiger partial charge in [-0.3, -0.25) is 4.57 Å². The first-order valence-electron chi connectivity index (χ1n) is 6.99. The molecule has 0 spiro atoms. The van der Waals surface area contributed by atoms with Crippen LogP contribution in [0.5, 0.6) is 0 Å². The third-order valence-electron chi connectivity index (χ3n) is 3.22. The van der Waals surface area contributed by atoms with Gasteiger partial charge in [-0.05, 0) is 26.9 Å². The SMILES string of the molecule is CN(C)P(=O)(O)N(CCCl)CCCl.NC1CCCCC1. The zero-order valence-corrected chi connectivity index (χ0v) is 14.9. The summed E-state index contributed by atoms with van der Waals surface area (Å²) in [5.41, 5.74) is 5.63. The smallest absolute Gasteiger partial charge is 0.328 e. The number of hydrogen-bond donors (Lipinski definition) is 2. The summed E-state index contributed by atoms with van der Waals surface area (Å²) in [6.07, 6.45) is 6.66. The maximum absolute atomic E-state index is 11.7. The van der Waals surface area contributed by atoms with Gasteiger partial charge in [0.05, 0.1) is 0 Å². The lowest BCUT2D eigenvalue weighted by Gasteiger charge is -2.29. The van der Waals surface area contributed by atoms with Crippen molar-refractivity contribution in [3.63, 3.8) is 0 Å². The lowest BCUT2D eigenvalue weighted by molar-refractivity contribution is 0.314. The van der Waals surface area contributed by atoms with Gasteiger partial charge in [0.2, 0.25) is 0 Å². The van der Waals surface area contributed by atoms with Gasteiger partial charge in [-0.2, -0.15) is 0 Å². The van der Waals surface area contributed by atoms with Gasteiger partial charge in [-0.1, -0.05) is 19.3 Å². The van der Waals surface area contributed by atoms with Crippen LogP contribution in [0, 0.1) is 0 Å². The van der Waals surface area contributed by atoms with Crippen LogP contribution in [0.1, 0.15) is 32.1 Å². The number of nitrogens with zero attached hydrogens (tertiary/aromatic N) is 2. The Labute approximate surface area is 133 Å². The number of nitrogens with two attached hydrogens (primary N) is 1. The summed E-state index contributed by atoms with van der Waals surface area (Å²) >= 11 is 11.0. The van der Waals surface area contributed by atoms with Gasteiger partial charge in [-0.15, -0.1) is 23.2 Å². The third kappa shape index (κ3) is 8.18. The van der Waals surface area contributed by atoms with Crippen LogP contribution in [-0.4, -0.2) is 59.2 Å². The van der Waals surface area contributed by atoms with Gasteiger partial charge in [0.15, 0.2) is 0 Å². The van der Waals surface area contributed by atoms with Crippen LogP contribution in [-0.2, 0) is 4.57 Å². The van der Waals surface area contributed by atoms with Crippen LogP contribution in [0.15, 0.2) is 0 Å². The molecule has 122 valence electrons. The molecule has 0 bridgehead atoms. The molecule has 3 N–H and O–H groups in total. The zero-order valence-electron chi connectivity index (χ0n) is 12.5. The fourth-order valence-corrected chi connectivity index (χ4v) is 3.83. The van der Waals surface area contributed by atoms with E-state index >= 15 is 0 Å². The van der Waals surface area contributed by atoms with Crippen LogP contribution in [0.2, 0.25) is 0 Å². The third-order valence-corrected chi connectivity index (χ3v) is 5.74. The fraction of sp³-hybridized carbons (Fsp3) is 1.00. The van der Waals surface area contributed by atoms with E-state index in [9.17, 15) is 9.46 Å². The standard InChI is InChI=1S/C6H15Cl2N2O2P.C6H13N/c1-9(2)13(11,12)10(5-3-7)6-4-8;7-6-4-2-1-3-5-6/h3-6H2,1-2H3,(H,11,12);6H,1-5,7H2. The molecule has 0 heterocycles. The molecule has 1 unspecified atom stereocenters. The van der Waals surface area contributed by atoms with Crippen LogP contribution in [0.25, 0.3) is 0 Å². The highest BCUT2D eigenvalue weighted by molar-refractivity contribution is 7.52. The highest BCUT2D eigenvalue weighted by atomic mass is 35.5. The molecule has 20 heavy (non-hydrogen) atoms. The van der Waals surface area contributed by atoms with E-state index in [1.807, 2.05) is 0 Å². The van der Waals surface area contributed by atoms with Crippen molar-refractivity contribution < 1.29 is 9.46 Å². The topological polar surface area (TPSA) is 69.8 Å². The average molecular weight is 348 g/mol. The summed E-state index contributed by atoms with van der Waals surface area (Å²) in [7, 11) is -0.306. The Morgan fingerprint density at radius 2 is 1.60 bits per heavy atom. The molecule has 1 saturated carbocycles. The molecular weight excluding hydrogens is 320 g/mol. The molecule has 0 aromatic rings.